The van der Waals surface area contributed by atoms with Gasteiger partial charge in [0.05, 0.1) is 18.8 Å². The Kier molecular flexibility index (Phi) is 11.5. The number of hydrogen-bond donors (Lipinski definition) is 9. The number of aliphatic carboxylic acids is 2. The number of nitrogens with two attached hydrogens (primary N) is 1. The van der Waals surface area contributed by atoms with Crippen LogP contribution in [0.5, 0.6) is 0 Å². The molecule has 0 aromatic rings. The Bertz CT molecular complexity index is 640. The van der Waals surface area contributed by atoms with E-state index in [0.29, 0.717) is 0 Å². The third-order valence-electron chi connectivity index (χ3n) is 3.96. The first-order valence-corrected chi connectivity index (χ1v) is 8.90. The lowest BCUT2D eigenvalue weighted by molar-refractivity contribution is -0.144. The van der Waals surface area contributed by atoms with Crippen molar-refractivity contribution < 1.29 is 49.5 Å². The number of rotatable bonds is 13. The molecule has 0 aliphatic heterocycles. The molecule has 0 aliphatic carbocycles. The van der Waals surface area contributed by atoms with Crippen LogP contribution in [0.1, 0.15) is 26.7 Å². The van der Waals surface area contributed by atoms with E-state index in [9.17, 15) is 34.2 Å². The van der Waals surface area contributed by atoms with E-state index in [0.717, 1.165) is 6.92 Å². The topological polar surface area (TPSA) is 249 Å². The van der Waals surface area contributed by atoms with Crippen LogP contribution in [-0.2, 0) is 24.0 Å². The molecule has 14 heteroatoms. The Morgan fingerprint density at radius 1 is 0.833 bits per heavy atom. The van der Waals surface area contributed by atoms with Gasteiger partial charge < -0.3 is 47.2 Å². The summed E-state index contributed by atoms with van der Waals surface area (Å²) in [5, 5.41) is 52.0. The molecule has 0 fully saturated rings. The van der Waals surface area contributed by atoms with E-state index in [1.807, 2.05) is 5.32 Å². The van der Waals surface area contributed by atoms with Crippen LogP contribution in [0.4, 0.5) is 0 Å². The van der Waals surface area contributed by atoms with Crippen molar-refractivity contribution in [2.24, 2.45) is 5.73 Å². The average molecular weight is 436 g/mol. The van der Waals surface area contributed by atoms with Gasteiger partial charge in [-0.25, -0.2) is 4.79 Å². The number of aliphatic hydroxyl groups is 3. The highest BCUT2D eigenvalue weighted by atomic mass is 16.4. The lowest BCUT2D eigenvalue weighted by Crippen LogP contribution is -2.60. The first kappa shape index (κ1) is 27.2. The van der Waals surface area contributed by atoms with E-state index < -0.39 is 85.5 Å². The van der Waals surface area contributed by atoms with Crippen molar-refractivity contribution in [3.05, 3.63) is 0 Å². The van der Waals surface area contributed by atoms with Gasteiger partial charge in [0.2, 0.25) is 17.7 Å². The molecule has 0 heterocycles. The normalized spacial score (nSPS) is 16.9. The number of carboxylic acid groups (broad SMARTS) is 2. The van der Waals surface area contributed by atoms with Crippen molar-refractivity contribution in [2.75, 3.05) is 6.61 Å². The minimum atomic E-state index is -1.70. The lowest BCUT2D eigenvalue weighted by atomic mass is 10.1. The SMILES string of the molecule is CC(O)C(N)C(=O)NC(C(=O)NC(CCC(=O)O)C(=O)NC(CO)C(=O)O)C(C)O. The molecule has 0 aliphatic rings. The second-order valence-corrected chi connectivity index (χ2v) is 6.57. The first-order chi connectivity index (χ1) is 13.8. The Morgan fingerprint density at radius 2 is 1.37 bits per heavy atom. The van der Waals surface area contributed by atoms with E-state index in [4.69, 9.17) is 21.1 Å². The number of carbonyl (C=O) groups is 5. The summed E-state index contributed by atoms with van der Waals surface area (Å²) in [4.78, 5) is 58.5. The highest BCUT2D eigenvalue weighted by molar-refractivity contribution is 5.94. The molecule has 3 amide bonds. The molecule has 10 N–H and O–H groups in total. The van der Waals surface area contributed by atoms with Gasteiger partial charge in [0.25, 0.3) is 0 Å². The molecule has 0 saturated heterocycles. The van der Waals surface area contributed by atoms with Gasteiger partial charge in [-0.05, 0) is 20.3 Å². The summed E-state index contributed by atoms with van der Waals surface area (Å²) in [6.07, 6.45) is -3.75. The van der Waals surface area contributed by atoms with Crippen LogP contribution in [-0.4, -0.2) is 98.2 Å². The van der Waals surface area contributed by atoms with Gasteiger partial charge in [-0.3, -0.25) is 19.2 Å². The Hall–Kier alpha value is -2.81. The van der Waals surface area contributed by atoms with E-state index in [1.54, 1.807) is 0 Å². The quantitative estimate of drug-likeness (QED) is 0.133. The Morgan fingerprint density at radius 3 is 1.77 bits per heavy atom. The summed E-state index contributed by atoms with van der Waals surface area (Å²) in [7, 11) is 0. The van der Waals surface area contributed by atoms with Gasteiger partial charge in [0.1, 0.15) is 24.2 Å². The zero-order chi connectivity index (χ0) is 23.6. The second-order valence-electron chi connectivity index (χ2n) is 6.57. The molecule has 0 radical (unpaired) electrons. The maximum Gasteiger partial charge on any atom is 0.328 e. The number of carbonyl (C=O) groups excluding carboxylic acids is 3. The third kappa shape index (κ3) is 9.13. The number of nitrogens with one attached hydrogen (secondary N) is 3. The number of amides is 3. The molecular weight excluding hydrogens is 408 g/mol. The first-order valence-electron chi connectivity index (χ1n) is 8.90. The predicted molar refractivity (Wildman–Crippen MR) is 98.7 cm³/mol. The van der Waals surface area contributed by atoms with Crippen molar-refractivity contribution in [1.29, 1.82) is 0 Å². The molecule has 172 valence electrons. The molecule has 14 nitrogen and oxygen atoms in total. The highest BCUT2D eigenvalue weighted by Gasteiger charge is 2.33. The zero-order valence-corrected chi connectivity index (χ0v) is 16.4. The standard InChI is InChI=1S/C16H28N4O10/c1-6(22)11(17)14(27)20-12(7(2)23)15(28)18-8(3-4-10(24)25)13(26)19-9(5-21)16(29)30/h6-9,11-12,21-23H,3-5,17H2,1-2H3,(H,18,28)(H,19,26)(H,20,27)(H,24,25)(H,29,30). The van der Waals surface area contributed by atoms with Crippen LogP contribution in [0.15, 0.2) is 0 Å². The van der Waals surface area contributed by atoms with Gasteiger partial charge >= 0.3 is 11.9 Å². The monoisotopic (exact) mass is 436 g/mol. The Labute approximate surface area is 171 Å². The van der Waals surface area contributed by atoms with Gasteiger partial charge in [0, 0.05) is 6.42 Å². The second kappa shape index (κ2) is 12.7. The van der Waals surface area contributed by atoms with E-state index in [1.165, 1.54) is 6.92 Å². The van der Waals surface area contributed by atoms with Crippen molar-refractivity contribution in [3.63, 3.8) is 0 Å². The Balaban J connectivity index is 5.42. The summed E-state index contributed by atoms with van der Waals surface area (Å²) < 4.78 is 0. The van der Waals surface area contributed by atoms with Gasteiger partial charge in [-0.2, -0.15) is 0 Å². The van der Waals surface area contributed by atoms with Crippen molar-refractivity contribution in [3.8, 4) is 0 Å². The largest absolute Gasteiger partial charge is 0.481 e. The van der Waals surface area contributed by atoms with E-state index in [2.05, 4.69) is 10.6 Å². The smallest absolute Gasteiger partial charge is 0.328 e. The third-order valence-corrected chi connectivity index (χ3v) is 3.96. The zero-order valence-electron chi connectivity index (χ0n) is 16.4. The van der Waals surface area contributed by atoms with Gasteiger partial charge in [-0.15, -0.1) is 0 Å². The van der Waals surface area contributed by atoms with Gasteiger partial charge in [-0.1, -0.05) is 0 Å². The maximum atomic E-state index is 12.5. The molecule has 30 heavy (non-hydrogen) atoms. The molecular formula is C16H28N4O10. The summed E-state index contributed by atoms with van der Waals surface area (Å²) in [6, 6.07) is -6.27. The molecule has 0 aromatic heterocycles. The van der Waals surface area contributed by atoms with Crippen molar-refractivity contribution in [1.82, 2.24) is 16.0 Å². The fourth-order valence-corrected chi connectivity index (χ4v) is 2.13. The molecule has 0 spiro atoms. The predicted octanol–water partition coefficient (Wildman–Crippen LogP) is -4.53. The van der Waals surface area contributed by atoms with Crippen LogP contribution in [0.2, 0.25) is 0 Å². The molecule has 0 aromatic carbocycles. The summed E-state index contributed by atoms with van der Waals surface area (Å²) in [5.41, 5.74) is 5.45. The highest BCUT2D eigenvalue weighted by Crippen LogP contribution is 2.03. The molecule has 6 atom stereocenters. The number of carboxylic acids is 2. The maximum absolute atomic E-state index is 12.5. The summed E-state index contributed by atoms with van der Waals surface area (Å²) in [6.45, 7) is 1.43. The molecule has 6 unspecified atom stereocenters. The minimum absolute atomic E-state index is 0.446. The molecule has 0 rings (SSSR count). The van der Waals surface area contributed by atoms with Crippen LogP contribution in [0.25, 0.3) is 0 Å². The number of hydrogen-bond acceptors (Lipinski definition) is 9. The number of aliphatic hydroxyl groups excluding tert-OH is 3. The van der Waals surface area contributed by atoms with Crippen molar-refractivity contribution >= 4 is 29.7 Å². The summed E-state index contributed by atoms with van der Waals surface area (Å²) in [5.74, 6) is -6.01. The van der Waals surface area contributed by atoms with E-state index in [-0.39, 0.29) is 0 Å². The minimum Gasteiger partial charge on any atom is -0.481 e. The average Bonchev–Trinajstić information content (AvgIpc) is 2.65. The fourth-order valence-electron chi connectivity index (χ4n) is 2.13. The molecule has 0 bridgehead atoms. The molecule has 0 saturated carbocycles. The van der Waals surface area contributed by atoms with Crippen molar-refractivity contribution in [2.45, 2.75) is 63.1 Å². The van der Waals surface area contributed by atoms with Crippen LogP contribution in [0, 0.1) is 0 Å². The summed E-state index contributed by atoms with van der Waals surface area (Å²) >= 11 is 0. The van der Waals surface area contributed by atoms with Crippen LogP contribution in [0.3, 0.4) is 0 Å². The fraction of sp³-hybridized carbons (Fsp3) is 0.688. The van der Waals surface area contributed by atoms with E-state index >= 15 is 0 Å². The lowest BCUT2D eigenvalue weighted by Gasteiger charge is -2.26. The van der Waals surface area contributed by atoms with Crippen LogP contribution >= 0.6 is 0 Å². The van der Waals surface area contributed by atoms with Crippen LogP contribution < -0.4 is 21.7 Å². The van der Waals surface area contributed by atoms with Gasteiger partial charge in [0.15, 0.2) is 0 Å².